The van der Waals surface area contributed by atoms with E-state index in [4.69, 9.17) is 14.2 Å². The van der Waals surface area contributed by atoms with Gasteiger partial charge >= 0.3 is 5.97 Å². The summed E-state index contributed by atoms with van der Waals surface area (Å²) in [5.41, 5.74) is 1.57. The molecule has 0 unspecified atom stereocenters. The summed E-state index contributed by atoms with van der Waals surface area (Å²) >= 11 is 0. The minimum absolute atomic E-state index is 0.0535. The Morgan fingerprint density at radius 3 is 2.04 bits per heavy atom. The second-order valence-electron chi connectivity index (χ2n) is 7.98. The highest BCUT2D eigenvalue weighted by molar-refractivity contribution is 5.66. The van der Waals surface area contributed by atoms with Crippen LogP contribution < -0.4 is 4.90 Å². The molecule has 0 bridgehead atoms. The molecular formula is C20H29NO4. The molecule has 0 aliphatic carbocycles. The number of carbonyl (C=O) groups excluding carboxylic acids is 1. The lowest BCUT2D eigenvalue weighted by Crippen LogP contribution is -2.41. The molecule has 0 radical (unpaired) electrons. The summed E-state index contributed by atoms with van der Waals surface area (Å²) in [5.74, 6) is -0.190. The molecule has 0 saturated carbocycles. The van der Waals surface area contributed by atoms with Gasteiger partial charge in [-0.3, -0.25) is 4.79 Å². The number of piperidine rings is 1. The van der Waals surface area contributed by atoms with E-state index in [2.05, 4.69) is 56.9 Å². The number of nitrogens with zero attached hydrogens (tertiary/aromatic N) is 1. The molecule has 2 saturated heterocycles. The van der Waals surface area contributed by atoms with Gasteiger partial charge in [-0.2, -0.15) is 0 Å². The van der Waals surface area contributed by atoms with Gasteiger partial charge in [0.1, 0.15) is 6.10 Å². The van der Waals surface area contributed by atoms with Crippen LogP contribution in [0, 0.1) is 0 Å². The lowest BCUT2D eigenvalue weighted by atomic mass is 9.90. The number of rotatable bonds is 3. The molecular weight excluding hydrogens is 318 g/mol. The highest BCUT2D eigenvalue weighted by Gasteiger charge is 2.49. The van der Waals surface area contributed by atoms with Gasteiger partial charge in [0.2, 0.25) is 0 Å². The van der Waals surface area contributed by atoms with Gasteiger partial charge in [0.15, 0.2) is 6.29 Å². The molecule has 0 N–H and O–H groups in total. The predicted octanol–water partition coefficient (Wildman–Crippen LogP) is 3.82. The minimum Gasteiger partial charge on any atom is -0.462 e. The molecule has 25 heavy (non-hydrogen) atoms. The topological polar surface area (TPSA) is 48.0 Å². The summed E-state index contributed by atoms with van der Waals surface area (Å²) in [5, 5.41) is 0. The van der Waals surface area contributed by atoms with Crippen molar-refractivity contribution in [1.82, 2.24) is 0 Å². The summed E-state index contributed by atoms with van der Waals surface area (Å²) < 4.78 is 17.5. The van der Waals surface area contributed by atoms with Gasteiger partial charge < -0.3 is 19.1 Å². The molecule has 5 nitrogen and oxygen atoms in total. The first kappa shape index (κ1) is 18.2. The van der Waals surface area contributed by atoms with E-state index in [-0.39, 0.29) is 29.6 Å². The zero-order valence-corrected chi connectivity index (χ0v) is 15.9. The lowest BCUT2D eigenvalue weighted by Gasteiger charge is -2.33. The van der Waals surface area contributed by atoms with Crippen LogP contribution in [0.2, 0.25) is 0 Å². The van der Waals surface area contributed by atoms with Crippen LogP contribution in [0.25, 0.3) is 0 Å². The Kier molecular flexibility index (Phi) is 4.82. The summed E-state index contributed by atoms with van der Waals surface area (Å²) in [6.45, 7) is 11.5. The molecule has 3 rings (SSSR count). The van der Waals surface area contributed by atoms with Gasteiger partial charge in [-0.1, -0.05) is 12.1 Å². The maximum absolute atomic E-state index is 11.1. The zero-order chi connectivity index (χ0) is 18.2. The number of esters is 1. The highest BCUT2D eigenvalue weighted by Crippen LogP contribution is 2.44. The van der Waals surface area contributed by atoms with Crippen LogP contribution >= 0.6 is 0 Å². The van der Waals surface area contributed by atoms with Crippen molar-refractivity contribution in [2.45, 2.75) is 71.1 Å². The maximum atomic E-state index is 11.1. The van der Waals surface area contributed by atoms with E-state index < -0.39 is 0 Å². The van der Waals surface area contributed by atoms with Crippen molar-refractivity contribution in [2.75, 3.05) is 18.0 Å². The minimum atomic E-state index is -0.325. The van der Waals surface area contributed by atoms with Crippen LogP contribution in [0.4, 0.5) is 5.69 Å². The molecule has 0 amide bonds. The average molecular weight is 347 g/mol. The second-order valence-corrected chi connectivity index (χ2v) is 7.98. The zero-order valence-electron chi connectivity index (χ0n) is 15.9. The Morgan fingerprint density at radius 2 is 1.56 bits per heavy atom. The molecule has 138 valence electrons. The van der Waals surface area contributed by atoms with Crippen molar-refractivity contribution in [3.05, 3.63) is 29.8 Å². The first-order chi connectivity index (χ1) is 11.7. The summed E-state index contributed by atoms with van der Waals surface area (Å²) in [7, 11) is 0. The van der Waals surface area contributed by atoms with Crippen molar-refractivity contribution in [3.63, 3.8) is 0 Å². The van der Waals surface area contributed by atoms with Gasteiger partial charge in [-0.25, -0.2) is 0 Å². The fourth-order valence-corrected chi connectivity index (χ4v) is 3.29. The molecule has 1 aromatic carbocycles. The van der Waals surface area contributed by atoms with Crippen molar-refractivity contribution in [1.29, 1.82) is 0 Å². The van der Waals surface area contributed by atoms with E-state index in [1.165, 1.54) is 12.6 Å². The van der Waals surface area contributed by atoms with Crippen molar-refractivity contribution < 1.29 is 19.0 Å². The van der Waals surface area contributed by atoms with E-state index in [0.29, 0.717) is 0 Å². The SMILES string of the molecule is CC(=O)OC1CCN(c2ccc(C3OC(C)(C)C(C)(C)O3)cc2)CC1. The lowest BCUT2D eigenvalue weighted by molar-refractivity contribution is -0.147. The Hall–Kier alpha value is -1.59. The van der Waals surface area contributed by atoms with Gasteiger partial charge in [-0.15, -0.1) is 0 Å². The van der Waals surface area contributed by atoms with E-state index in [9.17, 15) is 4.79 Å². The largest absolute Gasteiger partial charge is 0.462 e. The summed E-state index contributed by atoms with van der Waals surface area (Å²) in [6.07, 6.45) is 1.48. The first-order valence-corrected chi connectivity index (χ1v) is 9.06. The Labute approximate surface area is 150 Å². The van der Waals surface area contributed by atoms with Gasteiger partial charge in [0.05, 0.1) is 11.2 Å². The van der Waals surface area contributed by atoms with Crippen LogP contribution in [0.15, 0.2) is 24.3 Å². The number of benzene rings is 1. The first-order valence-electron chi connectivity index (χ1n) is 9.06. The third kappa shape index (κ3) is 3.82. The van der Waals surface area contributed by atoms with Crippen LogP contribution in [-0.4, -0.2) is 36.4 Å². The van der Waals surface area contributed by atoms with Gasteiger partial charge in [0.25, 0.3) is 0 Å². The normalized spacial score (nSPS) is 23.6. The van der Waals surface area contributed by atoms with Gasteiger partial charge in [0, 0.05) is 44.1 Å². The van der Waals surface area contributed by atoms with E-state index in [0.717, 1.165) is 31.5 Å². The number of ether oxygens (including phenoxy) is 3. The molecule has 0 spiro atoms. The quantitative estimate of drug-likeness (QED) is 0.778. The van der Waals surface area contributed by atoms with Gasteiger partial charge in [-0.05, 0) is 39.8 Å². The average Bonchev–Trinajstić information content (AvgIpc) is 2.76. The van der Waals surface area contributed by atoms with E-state index in [1.807, 2.05) is 0 Å². The third-order valence-corrected chi connectivity index (χ3v) is 5.56. The molecule has 0 aromatic heterocycles. The molecule has 2 aliphatic rings. The van der Waals surface area contributed by atoms with Crippen LogP contribution in [0.3, 0.4) is 0 Å². The highest BCUT2D eigenvalue weighted by atomic mass is 16.7. The van der Waals surface area contributed by atoms with E-state index in [1.54, 1.807) is 0 Å². The molecule has 2 aliphatic heterocycles. The maximum Gasteiger partial charge on any atom is 0.302 e. The third-order valence-electron chi connectivity index (χ3n) is 5.56. The molecule has 1 aromatic rings. The fraction of sp³-hybridized carbons (Fsp3) is 0.650. The Morgan fingerprint density at radius 1 is 1.04 bits per heavy atom. The van der Waals surface area contributed by atoms with E-state index >= 15 is 0 Å². The van der Waals surface area contributed by atoms with Crippen LogP contribution in [0.1, 0.15) is 59.3 Å². The smallest absolute Gasteiger partial charge is 0.302 e. The van der Waals surface area contributed by atoms with Crippen LogP contribution in [0.5, 0.6) is 0 Å². The number of hydrogen-bond donors (Lipinski definition) is 0. The molecule has 5 heteroatoms. The number of hydrogen-bond acceptors (Lipinski definition) is 5. The number of carbonyl (C=O) groups is 1. The summed E-state index contributed by atoms with van der Waals surface area (Å²) in [4.78, 5) is 13.4. The van der Waals surface area contributed by atoms with Crippen molar-refractivity contribution in [2.24, 2.45) is 0 Å². The molecule has 0 atom stereocenters. The van der Waals surface area contributed by atoms with Crippen molar-refractivity contribution >= 4 is 11.7 Å². The standard InChI is InChI=1S/C20H29NO4/c1-14(22)23-17-10-12-21(13-11-17)16-8-6-15(7-9-16)18-24-19(2,3)20(4,5)25-18/h6-9,17-18H,10-13H2,1-5H3. The van der Waals surface area contributed by atoms with Crippen molar-refractivity contribution in [3.8, 4) is 0 Å². The Balaban J connectivity index is 1.61. The Bertz CT molecular complexity index is 599. The second kappa shape index (κ2) is 6.61. The molecule has 2 fully saturated rings. The summed E-state index contributed by atoms with van der Waals surface area (Å²) in [6, 6.07) is 8.39. The number of anilines is 1. The predicted molar refractivity (Wildman–Crippen MR) is 96.5 cm³/mol. The van der Waals surface area contributed by atoms with Crippen LogP contribution in [-0.2, 0) is 19.0 Å². The fourth-order valence-electron chi connectivity index (χ4n) is 3.29. The monoisotopic (exact) mass is 347 g/mol. The molecule has 2 heterocycles.